The number of hydrogen-bond acceptors (Lipinski definition) is 2. The van der Waals surface area contributed by atoms with Crippen LogP contribution in [0.5, 0.6) is 0 Å². The summed E-state index contributed by atoms with van der Waals surface area (Å²) in [5.41, 5.74) is -2.44. The third-order valence-corrected chi connectivity index (χ3v) is 6.72. The number of hydrogen-bond donors (Lipinski definition) is 0. The highest BCUT2D eigenvalue weighted by molar-refractivity contribution is 6.66. The summed E-state index contributed by atoms with van der Waals surface area (Å²) in [6.45, 7) is 0.481. The van der Waals surface area contributed by atoms with Gasteiger partial charge in [-0.05, 0) is 42.0 Å². The molecule has 5 rings (SSSR count). The van der Waals surface area contributed by atoms with E-state index in [-0.39, 0.29) is 17.6 Å². The number of nitrogens with zero attached hydrogens (tertiary/aromatic N) is 1. The summed E-state index contributed by atoms with van der Waals surface area (Å²) < 4.78 is 88.3. The zero-order valence-electron chi connectivity index (χ0n) is 17.9. The van der Waals surface area contributed by atoms with Crippen molar-refractivity contribution in [3.8, 4) is 0 Å². The molecule has 0 spiro atoms. The molecule has 0 radical (unpaired) electrons. The Bertz CT molecular complexity index is 1130. The summed E-state index contributed by atoms with van der Waals surface area (Å²) in [4.78, 5) is 1.86. The van der Waals surface area contributed by atoms with Gasteiger partial charge in [0.2, 0.25) is 0 Å². The molecule has 2 heterocycles. The second-order valence-electron chi connectivity index (χ2n) is 8.63. The maximum absolute atomic E-state index is 14.0. The number of alkyl halides is 6. The van der Waals surface area contributed by atoms with Gasteiger partial charge in [-0.3, -0.25) is 0 Å². The first-order valence-electron chi connectivity index (χ1n) is 11.0. The molecule has 0 unspecified atom stereocenters. The van der Waals surface area contributed by atoms with Crippen molar-refractivity contribution >= 4 is 12.5 Å². The molecule has 34 heavy (non-hydrogen) atoms. The Balaban J connectivity index is 1.70. The van der Waals surface area contributed by atoms with Crippen molar-refractivity contribution in [3.63, 3.8) is 0 Å². The molecule has 0 aromatic heterocycles. The van der Waals surface area contributed by atoms with E-state index in [1.165, 1.54) is 0 Å². The van der Waals surface area contributed by atoms with Gasteiger partial charge in [-0.1, -0.05) is 72.8 Å². The molecule has 176 valence electrons. The van der Waals surface area contributed by atoms with Crippen LogP contribution in [0, 0.1) is 0 Å². The fraction of sp³-hybridized carbons (Fsp3) is 0.280. The highest BCUT2D eigenvalue weighted by atomic mass is 19.4. The van der Waals surface area contributed by atoms with Gasteiger partial charge in [0.15, 0.2) is 0 Å². The fourth-order valence-corrected chi connectivity index (χ4v) is 5.32. The molecule has 3 aromatic carbocycles. The lowest BCUT2D eigenvalue weighted by atomic mass is 9.69. The molecule has 3 aromatic rings. The molecule has 1 atom stereocenters. The van der Waals surface area contributed by atoms with Crippen LogP contribution in [0.2, 0.25) is 0 Å². The minimum Gasteiger partial charge on any atom is -0.402 e. The normalized spacial score (nSPS) is 20.5. The summed E-state index contributed by atoms with van der Waals surface area (Å²) >= 11 is 0. The van der Waals surface area contributed by atoms with E-state index in [0.29, 0.717) is 19.0 Å². The number of rotatable bonds is 3. The first kappa shape index (κ1) is 23.0. The zero-order valence-corrected chi connectivity index (χ0v) is 17.9. The second kappa shape index (κ2) is 8.17. The Kier molecular flexibility index (Phi) is 5.52. The van der Waals surface area contributed by atoms with E-state index in [9.17, 15) is 26.3 Å². The third kappa shape index (κ3) is 3.71. The summed E-state index contributed by atoms with van der Waals surface area (Å²) in [5.74, 6) is 0. The number of fused-ring (bicyclic) bond motifs is 1. The van der Waals surface area contributed by atoms with Crippen LogP contribution in [0.3, 0.4) is 0 Å². The average Bonchev–Trinajstić information content (AvgIpc) is 3.41. The number of benzene rings is 3. The van der Waals surface area contributed by atoms with E-state index in [2.05, 4.69) is 0 Å². The zero-order chi connectivity index (χ0) is 24.1. The van der Waals surface area contributed by atoms with Crippen LogP contribution in [-0.4, -0.2) is 24.4 Å². The summed E-state index contributed by atoms with van der Waals surface area (Å²) in [6.07, 6.45) is -8.43. The van der Waals surface area contributed by atoms with Gasteiger partial charge in [-0.25, -0.2) is 0 Å². The second-order valence-corrected chi connectivity index (χ2v) is 8.63. The topological polar surface area (TPSA) is 12.5 Å². The Morgan fingerprint density at radius 1 is 0.794 bits per heavy atom. The first-order chi connectivity index (χ1) is 16.1. The van der Waals surface area contributed by atoms with E-state index in [4.69, 9.17) is 4.65 Å². The van der Waals surface area contributed by atoms with Gasteiger partial charge in [0.1, 0.15) is 5.60 Å². The maximum Gasteiger partial charge on any atom is 0.420 e. The Labute approximate surface area is 193 Å². The molecule has 9 heteroatoms. The molecule has 0 N–H and O–H groups in total. The van der Waals surface area contributed by atoms with Gasteiger partial charge < -0.3 is 9.47 Å². The van der Waals surface area contributed by atoms with Gasteiger partial charge in [0.25, 0.3) is 0 Å². The van der Waals surface area contributed by atoms with Gasteiger partial charge in [-0.15, -0.1) is 0 Å². The Hall–Kier alpha value is -2.78. The predicted molar refractivity (Wildman–Crippen MR) is 116 cm³/mol. The Morgan fingerprint density at radius 3 is 1.91 bits per heavy atom. The van der Waals surface area contributed by atoms with Crippen molar-refractivity contribution in [3.05, 3.63) is 101 Å². The van der Waals surface area contributed by atoms with Gasteiger partial charge in [0, 0.05) is 6.04 Å². The van der Waals surface area contributed by atoms with Crippen LogP contribution in [-0.2, 0) is 22.6 Å². The van der Waals surface area contributed by atoms with E-state index in [1.54, 1.807) is 0 Å². The highest BCUT2D eigenvalue weighted by Gasteiger charge is 2.60. The van der Waals surface area contributed by atoms with Crippen LogP contribution in [0.4, 0.5) is 26.3 Å². The molecule has 2 saturated heterocycles. The smallest absolute Gasteiger partial charge is 0.402 e. The van der Waals surface area contributed by atoms with Crippen molar-refractivity contribution in [1.82, 2.24) is 4.81 Å². The lowest BCUT2D eigenvalue weighted by Crippen LogP contribution is -2.48. The molecule has 0 aliphatic carbocycles. The largest absolute Gasteiger partial charge is 0.420 e. The maximum atomic E-state index is 14.0. The van der Waals surface area contributed by atoms with Crippen LogP contribution in [0.25, 0.3) is 0 Å². The molecule has 2 aliphatic rings. The monoisotopic (exact) mass is 475 g/mol. The van der Waals surface area contributed by atoms with E-state index >= 15 is 0 Å². The summed E-state index contributed by atoms with van der Waals surface area (Å²) in [5, 5.41) is 0. The lowest BCUT2D eigenvalue weighted by molar-refractivity contribution is -0.142. The van der Waals surface area contributed by atoms with Gasteiger partial charge >= 0.3 is 19.4 Å². The summed E-state index contributed by atoms with van der Waals surface area (Å²) in [6, 6.07) is 20.1. The average molecular weight is 475 g/mol. The molecule has 0 amide bonds. The highest BCUT2D eigenvalue weighted by Crippen LogP contribution is 2.49. The molecule has 2 fully saturated rings. The van der Waals surface area contributed by atoms with Crippen LogP contribution in [0.15, 0.2) is 78.9 Å². The molecule has 2 aliphatic heterocycles. The predicted octanol–water partition coefficient (Wildman–Crippen LogP) is 5.86. The first-order valence-corrected chi connectivity index (χ1v) is 11.0. The van der Waals surface area contributed by atoms with Gasteiger partial charge in [-0.2, -0.15) is 26.3 Å². The SMILES string of the molecule is FC(F)(F)c1ccc(B2OC(c3ccccc3)(c3ccccc3)[C@@H]3CCCN23)c(C(F)(F)F)c1. The minimum absolute atomic E-state index is 0.189. The van der Waals surface area contributed by atoms with Crippen molar-refractivity contribution in [2.75, 3.05) is 6.54 Å². The summed E-state index contributed by atoms with van der Waals surface area (Å²) in [7, 11) is -1.15. The van der Waals surface area contributed by atoms with Crippen molar-refractivity contribution < 1.29 is 31.0 Å². The van der Waals surface area contributed by atoms with Crippen LogP contribution >= 0.6 is 0 Å². The molecule has 0 saturated carbocycles. The number of halogens is 6. The van der Waals surface area contributed by atoms with E-state index in [0.717, 1.165) is 23.6 Å². The minimum atomic E-state index is -4.97. The van der Waals surface area contributed by atoms with E-state index in [1.807, 2.05) is 65.5 Å². The molecular weight excluding hydrogens is 455 g/mol. The van der Waals surface area contributed by atoms with Crippen LogP contribution < -0.4 is 5.46 Å². The van der Waals surface area contributed by atoms with E-state index < -0.39 is 36.1 Å². The third-order valence-electron chi connectivity index (χ3n) is 6.72. The fourth-order valence-electron chi connectivity index (χ4n) is 5.32. The quantitative estimate of drug-likeness (QED) is 0.348. The van der Waals surface area contributed by atoms with Crippen molar-refractivity contribution in [2.24, 2.45) is 0 Å². The lowest BCUT2D eigenvalue weighted by Gasteiger charge is -2.36. The van der Waals surface area contributed by atoms with Crippen LogP contribution in [0.1, 0.15) is 35.1 Å². The standard InChI is InChI=1S/C25H20BF6NO/c27-24(28,29)19-13-14-21(20(16-19)25(30,31)32)26-33-15-7-12-22(33)23(34-26,17-8-3-1-4-9-17)18-10-5-2-6-11-18/h1-6,8-11,13-14,16,22H,7,12,15H2/t22-/m0/s1. The molecular formula is C25H20BF6NO. The Morgan fingerprint density at radius 2 is 1.38 bits per heavy atom. The molecule has 2 nitrogen and oxygen atoms in total. The molecule has 0 bridgehead atoms. The van der Waals surface area contributed by atoms with Gasteiger partial charge in [0.05, 0.1) is 11.1 Å². The van der Waals surface area contributed by atoms with Crippen molar-refractivity contribution in [1.29, 1.82) is 0 Å². The van der Waals surface area contributed by atoms with Crippen molar-refractivity contribution in [2.45, 2.75) is 36.8 Å².